The number of nitro groups is 1. The first-order valence-corrected chi connectivity index (χ1v) is 6.38. The van der Waals surface area contributed by atoms with E-state index in [1.54, 1.807) is 39.0 Å². The molecule has 0 fully saturated rings. The molecule has 1 aromatic rings. The summed E-state index contributed by atoms with van der Waals surface area (Å²) < 4.78 is 0. The lowest BCUT2D eigenvalue weighted by Gasteiger charge is -2.22. The van der Waals surface area contributed by atoms with Crippen molar-refractivity contribution in [3.63, 3.8) is 0 Å². The highest BCUT2D eigenvalue weighted by atomic mass is 16.6. The average molecular weight is 290 g/mol. The van der Waals surface area contributed by atoms with Crippen LogP contribution in [-0.2, 0) is 0 Å². The molecule has 1 atom stereocenters. The van der Waals surface area contributed by atoms with E-state index in [9.17, 15) is 14.9 Å². The van der Waals surface area contributed by atoms with Crippen LogP contribution < -0.4 is 4.90 Å². The minimum atomic E-state index is -0.534. The summed E-state index contributed by atoms with van der Waals surface area (Å²) in [4.78, 5) is 25.9. The summed E-state index contributed by atoms with van der Waals surface area (Å²) in [5.74, 6) is -0.648. The van der Waals surface area contributed by atoms with Gasteiger partial charge in [-0.05, 0) is 13.0 Å². The maximum atomic E-state index is 12.5. The quantitative estimate of drug-likeness (QED) is 0.610. The Morgan fingerprint density at radius 3 is 2.52 bits per heavy atom. The Labute approximate surface area is 123 Å². The number of carbonyl (C=O) groups excluding carboxylic acids is 1. The zero-order valence-electron chi connectivity index (χ0n) is 12.5. The van der Waals surface area contributed by atoms with Crippen LogP contribution in [0.1, 0.15) is 17.3 Å². The molecule has 0 unspecified atom stereocenters. The Kier molecular flexibility index (Phi) is 5.24. The van der Waals surface area contributed by atoms with Gasteiger partial charge < -0.3 is 9.80 Å². The van der Waals surface area contributed by atoms with Crippen molar-refractivity contribution < 1.29 is 9.72 Å². The summed E-state index contributed by atoms with van der Waals surface area (Å²) >= 11 is 0. The molecule has 0 aromatic heterocycles. The maximum absolute atomic E-state index is 12.5. The van der Waals surface area contributed by atoms with Crippen LogP contribution >= 0.6 is 0 Å². The predicted octanol–water partition coefficient (Wildman–Crippen LogP) is 1.89. The zero-order valence-corrected chi connectivity index (χ0v) is 12.5. The summed E-state index contributed by atoms with van der Waals surface area (Å²) in [6.45, 7) is 1.98. The van der Waals surface area contributed by atoms with Crippen molar-refractivity contribution in [3.05, 3.63) is 33.9 Å². The van der Waals surface area contributed by atoms with Gasteiger partial charge >= 0.3 is 0 Å². The van der Waals surface area contributed by atoms with Gasteiger partial charge in [0, 0.05) is 45.5 Å². The molecule has 7 nitrogen and oxygen atoms in total. The highest BCUT2D eigenvalue weighted by molar-refractivity contribution is 6.00. The smallest absolute Gasteiger partial charge is 0.270 e. The fourth-order valence-corrected chi connectivity index (χ4v) is 1.94. The summed E-state index contributed by atoms with van der Waals surface area (Å²) in [5, 5.41) is 19.7. The van der Waals surface area contributed by atoms with Gasteiger partial charge in [0.05, 0.1) is 22.5 Å². The molecule has 0 N–H and O–H groups in total. The first-order chi connectivity index (χ1) is 9.77. The first-order valence-electron chi connectivity index (χ1n) is 6.38. The molecule has 0 saturated heterocycles. The number of non-ortho nitro benzene ring substituents is 1. The fourth-order valence-electron chi connectivity index (χ4n) is 1.94. The molecule has 0 radical (unpaired) electrons. The number of hydrogen-bond acceptors (Lipinski definition) is 5. The third-order valence-electron chi connectivity index (χ3n) is 3.02. The molecule has 0 bridgehead atoms. The van der Waals surface area contributed by atoms with Gasteiger partial charge in [0.15, 0.2) is 0 Å². The molecule has 0 aliphatic carbocycles. The molecule has 1 amide bonds. The minimum absolute atomic E-state index is 0.134. The van der Waals surface area contributed by atoms with E-state index < -0.39 is 4.92 Å². The number of nitriles is 1. The molecule has 7 heteroatoms. The van der Waals surface area contributed by atoms with E-state index in [1.807, 2.05) is 0 Å². The lowest BCUT2D eigenvalue weighted by Crippen LogP contribution is -2.31. The van der Waals surface area contributed by atoms with Crippen LogP contribution in [0.5, 0.6) is 0 Å². The van der Waals surface area contributed by atoms with E-state index >= 15 is 0 Å². The topological polar surface area (TPSA) is 90.5 Å². The zero-order chi connectivity index (χ0) is 16.2. The van der Waals surface area contributed by atoms with Gasteiger partial charge in [-0.25, -0.2) is 0 Å². The molecule has 21 heavy (non-hydrogen) atoms. The van der Waals surface area contributed by atoms with Crippen molar-refractivity contribution in [2.24, 2.45) is 5.92 Å². The lowest BCUT2D eigenvalue weighted by atomic mass is 10.1. The molecule has 0 aliphatic rings. The van der Waals surface area contributed by atoms with Crippen LogP contribution in [0, 0.1) is 27.4 Å². The Bertz CT molecular complexity index is 592. The number of nitrogens with zero attached hydrogens (tertiary/aromatic N) is 4. The van der Waals surface area contributed by atoms with Crippen molar-refractivity contribution in [2.75, 3.05) is 32.6 Å². The van der Waals surface area contributed by atoms with Crippen LogP contribution in [0.25, 0.3) is 0 Å². The van der Waals surface area contributed by atoms with Gasteiger partial charge in [-0.2, -0.15) is 5.26 Å². The number of benzene rings is 1. The van der Waals surface area contributed by atoms with E-state index in [2.05, 4.69) is 6.07 Å². The maximum Gasteiger partial charge on any atom is 0.270 e. The second kappa shape index (κ2) is 6.70. The Balaban J connectivity index is 3.19. The number of amides is 1. The average Bonchev–Trinajstić information content (AvgIpc) is 2.45. The van der Waals surface area contributed by atoms with Crippen LogP contribution in [0.4, 0.5) is 11.4 Å². The largest absolute Gasteiger partial charge is 0.377 e. The van der Waals surface area contributed by atoms with Gasteiger partial charge in [-0.15, -0.1) is 0 Å². The van der Waals surface area contributed by atoms with E-state index in [1.165, 1.54) is 17.0 Å². The molecule has 0 aliphatic heterocycles. The van der Waals surface area contributed by atoms with Crippen LogP contribution in [0.2, 0.25) is 0 Å². The normalized spacial score (nSPS) is 11.4. The predicted molar refractivity (Wildman–Crippen MR) is 79.2 cm³/mol. The van der Waals surface area contributed by atoms with Gasteiger partial charge in [0.2, 0.25) is 0 Å². The molecule has 1 rings (SSSR count). The third-order valence-corrected chi connectivity index (χ3v) is 3.02. The van der Waals surface area contributed by atoms with Crippen LogP contribution in [0.15, 0.2) is 18.2 Å². The molecule has 0 saturated carbocycles. The molecule has 0 heterocycles. The van der Waals surface area contributed by atoms with E-state index in [-0.39, 0.29) is 29.6 Å². The van der Waals surface area contributed by atoms with Crippen molar-refractivity contribution >= 4 is 17.3 Å². The van der Waals surface area contributed by atoms with Crippen molar-refractivity contribution in [1.82, 2.24) is 4.90 Å². The van der Waals surface area contributed by atoms with Gasteiger partial charge in [-0.1, -0.05) is 0 Å². The second-order valence-corrected chi connectivity index (χ2v) is 5.07. The molecule has 112 valence electrons. The standard InChI is InChI=1S/C14H18N4O3/c1-10(8-15)9-17(4)14(19)12-7-11(18(20)21)5-6-13(12)16(2)3/h5-7,10H,9H2,1-4H3/t10-/m1/s1. The molecule has 0 spiro atoms. The molecular weight excluding hydrogens is 272 g/mol. The number of hydrogen-bond donors (Lipinski definition) is 0. The lowest BCUT2D eigenvalue weighted by molar-refractivity contribution is -0.384. The fraction of sp³-hybridized carbons (Fsp3) is 0.429. The third kappa shape index (κ3) is 3.92. The van der Waals surface area contributed by atoms with Gasteiger partial charge in [0.1, 0.15) is 0 Å². The highest BCUT2D eigenvalue weighted by Crippen LogP contribution is 2.25. The summed E-state index contributed by atoms with van der Waals surface area (Å²) in [7, 11) is 5.10. The van der Waals surface area contributed by atoms with E-state index in [0.29, 0.717) is 5.69 Å². The van der Waals surface area contributed by atoms with E-state index in [0.717, 1.165) is 0 Å². The van der Waals surface area contributed by atoms with Crippen LogP contribution in [-0.4, -0.2) is 43.4 Å². The summed E-state index contributed by atoms with van der Waals surface area (Å²) in [6.07, 6.45) is 0. The SMILES string of the molecule is C[C@H](C#N)CN(C)C(=O)c1cc([N+](=O)[O-])ccc1N(C)C. The number of nitro benzene ring substituents is 1. The molecular formula is C14H18N4O3. The second-order valence-electron chi connectivity index (χ2n) is 5.07. The van der Waals surface area contributed by atoms with Crippen molar-refractivity contribution in [1.29, 1.82) is 5.26 Å². The van der Waals surface area contributed by atoms with Crippen molar-refractivity contribution in [2.45, 2.75) is 6.92 Å². The van der Waals surface area contributed by atoms with Crippen molar-refractivity contribution in [3.8, 4) is 6.07 Å². The highest BCUT2D eigenvalue weighted by Gasteiger charge is 2.21. The molecule has 1 aromatic carbocycles. The summed E-state index contributed by atoms with van der Waals surface area (Å²) in [5.41, 5.74) is 0.717. The minimum Gasteiger partial charge on any atom is -0.377 e. The number of anilines is 1. The van der Waals surface area contributed by atoms with Gasteiger partial charge in [0.25, 0.3) is 11.6 Å². The summed E-state index contributed by atoms with van der Waals surface area (Å²) in [6, 6.07) is 6.24. The van der Waals surface area contributed by atoms with Gasteiger partial charge in [-0.3, -0.25) is 14.9 Å². The number of rotatable bonds is 5. The van der Waals surface area contributed by atoms with E-state index in [4.69, 9.17) is 5.26 Å². The Hall–Kier alpha value is -2.62. The Morgan fingerprint density at radius 1 is 1.43 bits per heavy atom. The number of carbonyl (C=O) groups is 1. The monoisotopic (exact) mass is 290 g/mol. The first kappa shape index (κ1) is 16.4. The Morgan fingerprint density at radius 2 is 2.05 bits per heavy atom. The van der Waals surface area contributed by atoms with Crippen LogP contribution in [0.3, 0.4) is 0 Å².